The zero-order valence-electron chi connectivity index (χ0n) is 19.8. The minimum atomic E-state index is -4.42. The number of aliphatic hydroxyl groups is 1. The van der Waals surface area contributed by atoms with Crippen LogP contribution in [-0.4, -0.2) is 27.1 Å². The van der Waals surface area contributed by atoms with Gasteiger partial charge in [0.1, 0.15) is 17.7 Å². The molecule has 0 bridgehead atoms. The van der Waals surface area contributed by atoms with Crippen LogP contribution >= 0.6 is 0 Å². The number of aryl methyl sites for hydroxylation is 1. The molecule has 2 N–H and O–H groups in total. The summed E-state index contributed by atoms with van der Waals surface area (Å²) in [5.74, 6) is 0.672. The van der Waals surface area contributed by atoms with Crippen LogP contribution in [0.2, 0.25) is 0 Å². The van der Waals surface area contributed by atoms with Gasteiger partial charge in [-0.05, 0) is 74.9 Å². The first-order chi connectivity index (χ1) is 16.4. The van der Waals surface area contributed by atoms with Crippen molar-refractivity contribution < 1.29 is 27.8 Å². The second-order valence-corrected chi connectivity index (χ2v) is 9.18. The second kappa shape index (κ2) is 9.45. The van der Waals surface area contributed by atoms with Gasteiger partial charge in [-0.1, -0.05) is 18.2 Å². The number of carbonyl (C=O) groups excluding carboxylic acids is 1. The molecule has 1 aromatic heterocycles. The summed E-state index contributed by atoms with van der Waals surface area (Å²) in [6, 6.07) is 10.2. The second-order valence-electron chi connectivity index (χ2n) is 9.18. The molecule has 0 spiro atoms. The molecule has 0 aliphatic heterocycles. The number of carbonyl (C=O) groups is 1. The summed E-state index contributed by atoms with van der Waals surface area (Å²) in [6.07, 6.45) is -2.65. The monoisotopic (exact) mass is 487 g/mol. The number of fused-ring (bicyclic) bond motifs is 1. The van der Waals surface area contributed by atoms with Gasteiger partial charge in [-0.3, -0.25) is 4.79 Å². The van der Waals surface area contributed by atoms with Crippen LogP contribution in [0.1, 0.15) is 68.1 Å². The maximum atomic E-state index is 13.2. The van der Waals surface area contributed by atoms with E-state index in [0.29, 0.717) is 59.4 Å². The van der Waals surface area contributed by atoms with Gasteiger partial charge in [0.25, 0.3) is 0 Å². The van der Waals surface area contributed by atoms with Gasteiger partial charge in [-0.25, -0.2) is 9.97 Å². The lowest BCUT2D eigenvalue weighted by Crippen LogP contribution is -2.35. The number of alkyl halides is 3. The Morgan fingerprint density at radius 1 is 1.17 bits per heavy atom. The molecule has 186 valence electrons. The number of esters is 1. The van der Waals surface area contributed by atoms with Gasteiger partial charge >= 0.3 is 12.1 Å². The predicted octanol–water partition coefficient (Wildman–Crippen LogP) is 5.82. The minimum Gasteiger partial charge on any atom is -0.463 e. The average Bonchev–Trinajstić information content (AvgIpc) is 2.79. The van der Waals surface area contributed by atoms with Crippen LogP contribution in [0.5, 0.6) is 0 Å². The smallest absolute Gasteiger partial charge is 0.416 e. The van der Waals surface area contributed by atoms with Crippen LogP contribution in [0.3, 0.4) is 0 Å². The summed E-state index contributed by atoms with van der Waals surface area (Å²) < 4.78 is 44.8. The number of hydrogen-bond acceptors (Lipinski definition) is 6. The van der Waals surface area contributed by atoms with Crippen molar-refractivity contribution in [3.05, 3.63) is 65.0 Å². The molecule has 4 rings (SSSR count). The zero-order valence-corrected chi connectivity index (χ0v) is 19.8. The van der Waals surface area contributed by atoms with E-state index in [2.05, 4.69) is 15.3 Å². The Morgan fingerprint density at radius 2 is 1.89 bits per heavy atom. The fourth-order valence-corrected chi connectivity index (χ4v) is 4.63. The maximum absolute atomic E-state index is 13.2. The Morgan fingerprint density at radius 3 is 2.54 bits per heavy atom. The summed E-state index contributed by atoms with van der Waals surface area (Å²) in [6.45, 7) is 4.89. The molecule has 0 radical (unpaired) electrons. The molecule has 1 heterocycles. The zero-order chi connectivity index (χ0) is 25.4. The number of nitrogens with one attached hydrogen (secondary N) is 1. The molecule has 6 nitrogen and oxygen atoms in total. The lowest BCUT2D eigenvalue weighted by molar-refractivity contribution is -0.151. The van der Waals surface area contributed by atoms with Gasteiger partial charge < -0.3 is 15.2 Å². The first kappa shape index (κ1) is 24.9. The molecule has 1 aliphatic carbocycles. The SMILES string of the molecule is CC(=O)O[C@H]1CC[C@](O)(c2ccc3nc(C)nc(N[C@H](C)c4cccc(C(F)(F)F)c4)c3c2)CC1. The van der Waals surface area contributed by atoms with E-state index in [1.807, 2.05) is 18.2 Å². The van der Waals surface area contributed by atoms with Crippen LogP contribution in [-0.2, 0) is 21.3 Å². The number of hydrogen-bond donors (Lipinski definition) is 2. The normalized spacial score (nSPS) is 21.5. The van der Waals surface area contributed by atoms with E-state index in [4.69, 9.17) is 4.74 Å². The minimum absolute atomic E-state index is 0.204. The number of nitrogens with zero attached hydrogens (tertiary/aromatic N) is 2. The topological polar surface area (TPSA) is 84.3 Å². The molecule has 1 aliphatic rings. The number of rotatable bonds is 5. The van der Waals surface area contributed by atoms with Crippen LogP contribution < -0.4 is 5.32 Å². The molecule has 0 amide bonds. The van der Waals surface area contributed by atoms with E-state index in [1.165, 1.54) is 13.0 Å². The van der Waals surface area contributed by atoms with E-state index in [9.17, 15) is 23.1 Å². The van der Waals surface area contributed by atoms with E-state index >= 15 is 0 Å². The van der Waals surface area contributed by atoms with Crippen molar-refractivity contribution in [2.75, 3.05) is 5.32 Å². The third-order valence-corrected chi connectivity index (χ3v) is 6.50. The third kappa shape index (κ3) is 5.56. The lowest BCUT2D eigenvalue weighted by atomic mass is 9.78. The molecule has 0 unspecified atom stereocenters. The van der Waals surface area contributed by atoms with Crippen LogP contribution in [0.4, 0.5) is 19.0 Å². The van der Waals surface area contributed by atoms with Crippen molar-refractivity contribution in [3.63, 3.8) is 0 Å². The maximum Gasteiger partial charge on any atom is 0.416 e. The summed E-state index contributed by atoms with van der Waals surface area (Å²) >= 11 is 0. The molecule has 3 aromatic rings. The highest BCUT2D eigenvalue weighted by atomic mass is 19.4. The number of benzene rings is 2. The van der Waals surface area contributed by atoms with Gasteiger partial charge in [-0.15, -0.1) is 0 Å². The Hall–Kier alpha value is -3.20. The van der Waals surface area contributed by atoms with Gasteiger partial charge in [0.05, 0.1) is 16.7 Å². The number of ether oxygens (including phenoxy) is 1. The molecular formula is C26H28F3N3O3. The standard InChI is InChI=1S/C26H28F3N3O3/c1-15(18-5-4-6-20(13-18)26(27,28)29)30-24-22-14-19(7-8-23(22)31-16(2)32-24)25(34)11-9-21(10-12-25)35-17(3)33/h4-8,13-15,21,34H,9-12H2,1-3H3,(H,30,31,32)/t15-,21-,25+/m1/s1. The van der Waals surface area contributed by atoms with Crippen molar-refractivity contribution in [2.45, 2.75) is 70.4 Å². The molecule has 0 saturated heterocycles. The number of anilines is 1. The van der Waals surface area contributed by atoms with E-state index in [1.54, 1.807) is 19.9 Å². The molecular weight excluding hydrogens is 459 g/mol. The van der Waals surface area contributed by atoms with E-state index in [-0.39, 0.29) is 12.1 Å². The van der Waals surface area contributed by atoms with Crippen molar-refractivity contribution in [3.8, 4) is 0 Å². The fraction of sp³-hybridized carbons (Fsp3) is 0.423. The van der Waals surface area contributed by atoms with E-state index < -0.39 is 23.4 Å². The van der Waals surface area contributed by atoms with Crippen molar-refractivity contribution >= 4 is 22.7 Å². The fourth-order valence-electron chi connectivity index (χ4n) is 4.63. The van der Waals surface area contributed by atoms with Crippen molar-refractivity contribution in [1.29, 1.82) is 0 Å². The molecule has 1 fully saturated rings. The van der Waals surface area contributed by atoms with Crippen LogP contribution in [0, 0.1) is 6.92 Å². The largest absolute Gasteiger partial charge is 0.463 e. The number of aromatic nitrogens is 2. The molecule has 35 heavy (non-hydrogen) atoms. The summed E-state index contributed by atoms with van der Waals surface area (Å²) in [5, 5.41) is 15.3. The Kier molecular flexibility index (Phi) is 6.73. The summed E-state index contributed by atoms with van der Waals surface area (Å²) in [4.78, 5) is 20.2. The highest BCUT2D eigenvalue weighted by Gasteiger charge is 2.36. The molecule has 1 atom stereocenters. The summed E-state index contributed by atoms with van der Waals surface area (Å²) in [5.41, 5.74) is 0.0503. The van der Waals surface area contributed by atoms with Gasteiger partial charge in [0, 0.05) is 18.4 Å². The first-order valence-corrected chi connectivity index (χ1v) is 11.6. The Balaban J connectivity index is 1.63. The lowest BCUT2D eigenvalue weighted by Gasteiger charge is -2.36. The molecule has 1 saturated carbocycles. The Labute approximate surface area is 201 Å². The molecule has 9 heteroatoms. The van der Waals surface area contributed by atoms with E-state index in [0.717, 1.165) is 12.1 Å². The van der Waals surface area contributed by atoms with Gasteiger partial charge in [0.15, 0.2) is 0 Å². The quantitative estimate of drug-likeness (QED) is 0.441. The Bertz CT molecular complexity index is 1240. The van der Waals surface area contributed by atoms with Crippen LogP contribution in [0.25, 0.3) is 10.9 Å². The predicted molar refractivity (Wildman–Crippen MR) is 126 cm³/mol. The van der Waals surface area contributed by atoms with Crippen LogP contribution in [0.15, 0.2) is 42.5 Å². The van der Waals surface area contributed by atoms with Gasteiger partial charge in [0.2, 0.25) is 0 Å². The third-order valence-electron chi connectivity index (χ3n) is 6.50. The van der Waals surface area contributed by atoms with Crippen molar-refractivity contribution in [2.24, 2.45) is 0 Å². The highest BCUT2D eigenvalue weighted by Crippen LogP contribution is 2.40. The highest BCUT2D eigenvalue weighted by molar-refractivity contribution is 5.90. The molecule has 2 aromatic carbocycles. The summed E-state index contributed by atoms with van der Waals surface area (Å²) in [7, 11) is 0. The average molecular weight is 488 g/mol. The first-order valence-electron chi connectivity index (χ1n) is 11.6. The van der Waals surface area contributed by atoms with Crippen molar-refractivity contribution in [1.82, 2.24) is 9.97 Å². The number of halogens is 3. The van der Waals surface area contributed by atoms with Gasteiger partial charge in [-0.2, -0.15) is 13.2 Å².